The van der Waals surface area contributed by atoms with E-state index in [1.807, 2.05) is 36.2 Å². The number of aromatic nitrogens is 3. The maximum atomic E-state index is 13.1. The minimum atomic E-state index is 0.0799. The Morgan fingerprint density at radius 2 is 1.73 bits per heavy atom. The van der Waals surface area contributed by atoms with Crippen LogP contribution in [-0.4, -0.2) is 39.0 Å². The standard InChI is InChI=1S/C27H32N4O2/c1-17-15-23(33-30-17)22-16-28-25(19-5-6-19)29-24(22)18-11-13-31(14-12-18)26(32)20-7-9-21(10-8-20)27(2,3)4/h7-10,15-16,18-19H,5-6,11-14H2,1-4H3. The second-order valence-electron chi connectivity index (χ2n) is 10.5. The van der Waals surface area contributed by atoms with E-state index in [-0.39, 0.29) is 17.2 Å². The zero-order chi connectivity index (χ0) is 23.2. The average molecular weight is 445 g/mol. The molecule has 1 aliphatic carbocycles. The lowest BCUT2D eigenvalue weighted by molar-refractivity contribution is 0.0712. The molecule has 2 fully saturated rings. The first-order valence-electron chi connectivity index (χ1n) is 12.0. The molecule has 0 N–H and O–H groups in total. The molecule has 1 aromatic carbocycles. The highest BCUT2D eigenvalue weighted by molar-refractivity contribution is 5.94. The van der Waals surface area contributed by atoms with Crippen LogP contribution in [0.25, 0.3) is 11.3 Å². The van der Waals surface area contributed by atoms with Crippen molar-refractivity contribution in [2.75, 3.05) is 13.1 Å². The fourth-order valence-corrected chi connectivity index (χ4v) is 4.59. The van der Waals surface area contributed by atoms with Crippen molar-refractivity contribution in [2.45, 2.75) is 70.6 Å². The molecule has 33 heavy (non-hydrogen) atoms. The van der Waals surface area contributed by atoms with Crippen LogP contribution in [0.4, 0.5) is 0 Å². The number of rotatable bonds is 4. The first kappa shape index (κ1) is 21.8. The molecule has 6 nitrogen and oxygen atoms in total. The van der Waals surface area contributed by atoms with Crippen molar-refractivity contribution in [2.24, 2.45) is 0 Å². The molecule has 5 rings (SSSR count). The lowest BCUT2D eigenvalue weighted by Gasteiger charge is -2.32. The number of amides is 1. The third-order valence-electron chi connectivity index (χ3n) is 6.84. The van der Waals surface area contributed by atoms with E-state index in [1.54, 1.807) is 0 Å². The third kappa shape index (κ3) is 4.56. The molecule has 172 valence electrons. The van der Waals surface area contributed by atoms with Gasteiger partial charge in [0.1, 0.15) is 5.82 Å². The van der Waals surface area contributed by atoms with Gasteiger partial charge in [-0.2, -0.15) is 0 Å². The van der Waals surface area contributed by atoms with Crippen LogP contribution in [0.1, 0.15) is 91.4 Å². The zero-order valence-electron chi connectivity index (χ0n) is 20.0. The Kier molecular flexibility index (Phi) is 5.55. The van der Waals surface area contributed by atoms with Gasteiger partial charge in [0.05, 0.1) is 17.0 Å². The molecular weight excluding hydrogens is 412 g/mol. The fourth-order valence-electron chi connectivity index (χ4n) is 4.59. The number of nitrogens with zero attached hydrogens (tertiary/aromatic N) is 4. The van der Waals surface area contributed by atoms with Crippen molar-refractivity contribution in [1.82, 2.24) is 20.0 Å². The Morgan fingerprint density at radius 1 is 1.03 bits per heavy atom. The van der Waals surface area contributed by atoms with E-state index in [0.29, 0.717) is 5.92 Å². The number of carbonyl (C=O) groups excluding carboxylic acids is 1. The minimum absolute atomic E-state index is 0.0799. The highest BCUT2D eigenvalue weighted by Gasteiger charge is 2.32. The third-order valence-corrected chi connectivity index (χ3v) is 6.84. The number of likely N-dealkylation sites (tertiary alicyclic amines) is 1. The van der Waals surface area contributed by atoms with E-state index < -0.39 is 0 Å². The molecule has 2 aliphatic rings. The molecule has 1 aliphatic heterocycles. The smallest absolute Gasteiger partial charge is 0.253 e. The molecule has 0 bridgehead atoms. The summed E-state index contributed by atoms with van der Waals surface area (Å²) in [5.41, 5.74) is 4.91. The van der Waals surface area contributed by atoms with Gasteiger partial charge in [0, 0.05) is 42.8 Å². The monoisotopic (exact) mass is 444 g/mol. The zero-order valence-corrected chi connectivity index (χ0v) is 20.0. The molecule has 1 saturated heterocycles. The molecule has 0 atom stereocenters. The summed E-state index contributed by atoms with van der Waals surface area (Å²) in [5, 5.41) is 4.06. The van der Waals surface area contributed by atoms with Crippen LogP contribution in [-0.2, 0) is 5.41 Å². The molecular formula is C27H32N4O2. The lowest BCUT2D eigenvalue weighted by Crippen LogP contribution is -2.38. The van der Waals surface area contributed by atoms with Crippen LogP contribution in [0.2, 0.25) is 0 Å². The van der Waals surface area contributed by atoms with Crippen LogP contribution in [0.15, 0.2) is 41.1 Å². The van der Waals surface area contributed by atoms with Crippen LogP contribution >= 0.6 is 0 Å². The molecule has 0 spiro atoms. The van der Waals surface area contributed by atoms with E-state index in [4.69, 9.17) is 9.51 Å². The van der Waals surface area contributed by atoms with Crippen LogP contribution in [0.3, 0.4) is 0 Å². The quantitative estimate of drug-likeness (QED) is 0.521. The van der Waals surface area contributed by atoms with Crippen LogP contribution in [0.5, 0.6) is 0 Å². The SMILES string of the molecule is Cc1cc(-c2cnc(C3CC3)nc2C2CCN(C(=O)c3ccc(C(C)(C)C)cc3)CC2)on1. The van der Waals surface area contributed by atoms with E-state index >= 15 is 0 Å². The number of benzene rings is 1. The molecule has 1 amide bonds. The molecule has 3 aromatic rings. The first-order chi connectivity index (χ1) is 15.8. The Bertz CT molecular complexity index is 1150. The Hall–Kier alpha value is -3.02. The number of piperidine rings is 1. The average Bonchev–Trinajstić information content (AvgIpc) is 3.58. The van der Waals surface area contributed by atoms with E-state index in [2.05, 4.69) is 43.0 Å². The van der Waals surface area contributed by atoms with Gasteiger partial charge >= 0.3 is 0 Å². The summed E-state index contributed by atoms with van der Waals surface area (Å²) < 4.78 is 5.55. The Labute approximate surface area is 195 Å². The summed E-state index contributed by atoms with van der Waals surface area (Å²) in [6, 6.07) is 10.0. The van der Waals surface area contributed by atoms with Gasteiger partial charge in [-0.1, -0.05) is 38.1 Å². The van der Waals surface area contributed by atoms with Gasteiger partial charge in [-0.25, -0.2) is 9.97 Å². The second kappa shape index (κ2) is 8.40. The van der Waals surface area contributed by atoms with Gasteiger partial charge in [-0.15, -0.1) is 0 Å². The Balaban J connectivity index is 1.32. The van der Waals surface area contributed by atoms with E-state index in [9.17, 15) is 4.79 Å². The van der Waals surface area contributed by atoms with Gasteiger partial charge in [0.25, 0.3) is 5.91 Å². The summed E-state index contributed by atoms with van der Waals surface area (Å²) in [7, 11) is 0. The predicted octanol–water partition coefficient (Wildman–Crippen LogP) is 5.63. The van der Waals surface area contributed by atoms with Gasteiger partial charge < -0.3 is 9.42 Å². The number of hydrogen-bond donors (Lipinski definition) is 0. The van der Waals surface area contributed by atoms with Crippen molar-refractivity contribution < 1.29 is 9.32 Å². The van der Waals surface area contributed by atoms with Crippen molar-refractivity contribution in [3.05, 3.63) is 64.9 Å². The summed E-state index contributed by atoms with van der Waals surface area (Å²) in [5.74, 6) is 2.55. The maximum Gasteiger partial charge on any atom is 0.253 e. The second-order valence-corrected chi connectivity index (χ2v) is 10.5. The van der Waals surface area contributed by atoms with Crippen molar-refractivity contribution >= 4 is 5.91 Å². The van der Waals surface area contributed by atoms with Gasteiger partial charge in [-0.05, 0) is 55.7 Å². The topological polar surface area (TPSA) is 72.1 Å². The first-order valence-corrected chi connectivity index (χ1v) is 12.0. The summed E-state index contributed by atoms with van der Waals surface area (Å²) >= 11 is 0. The molecule has 2 aromatic heterocycles. The minimum Gasteiger partial charge on any atom is -0.356 e. The fraction of sp³-hybridized carbons (Fsp3) is 0.481. The van der Waals surface area contributed by atoms with Crippen LogP contribution < -0.4 is 0 Å². The molecule has 6 heteroatoms. The van der Waals surface area contributed by atoms with Gasteiger partial charge in [0.15, 0.2) is 5.76 Å². The highest BCUT2D eigenvalue weighted by atomic mass is 16.5. The highest BCUT2D eigenvalue weighted by Crippen LogP contribution is 2.41. The van der Waals surface area contributed by atoms with Crippen LogP contribution in [0, 0.1) is 6.92 Å². The molecule has 0 radical (unpaired) electrons. The number of hydrogen-bond acceptors (Lipinski definition) is 5. The van der Waals surface area contributed by atoms with Crippen molar-refractivity contribution in [3.63, 3.8) is 0 Å². The van der Waals surface area contributed by atoms with E-state index in [0.717, 1.165) is 60.0 Å². The molecule has 3 heterocycles. The maximum absolute atomic E-state index is 13.1. The van der Waals surface area contributed by atoms with Crippen molar-refractivity contribution in [1.29, 1.82) is 0 Å². The summed E-state index contributed by atoms with van der Waals surface area (Å²) in [6.45, 7) is 9.93. The Morgan fingerprint density at radius 3 is 2.30 bits per heavy atom. The van der Waals surface area contributed by atoms with E-state index in [1.165, 1.54) is 18.4 Å². The summed E-state index contributed by atoms with van der Waals surface area (Å²) in [6.07, 6.45) is 6.01. The molecule has 0 unspecified atom stereocenters. The number of carbonyl (C=O) groups is 1. The van der Waals surface area contributed by atoms with Gasteiger partial charge in [0.2, 0.25) is 0 Å². The summed E-state index contributed by atoms with van der Waals surface area (Å²) in [4.78, 5) is 24.7. The van der Waals surface area contributed by atoms with Gasteiger partial charge in [-0.3, -0.25) is 4.79 Å². The largest absolute Gasteiger partial charge is 0.356 e. The molecule has 1 saturated carbocycles. The predicted molar refractivity (Wildman–Crippen MR) is 127 cm³/mol. The normalized spacial score (nSPS) is 17.4. The van der Waals surface area contributed by atoms with Crippen molar-refractivity contribution in [3.8, 4) is 11.3 Å². The lowest BCUT2D eigenvalue weighted by atomic mass is 9.86. The number of aryl methyl sites for hydroxylation is 1.